The maximum Gasteiger partial charge on any atom is 0.407 e. The summed E-state index contributed by atoms with van der Waals surface area (Å²) in [4.78, 5) is 24.2. The van der Waals surface area contributed by atoms with Crippen LogP contribution in [0, 0.1) is 5.82 Å². The molecule has 2 saturated heterocycles. The number of hydrogen-bond acceptors (Lipinski definition) is 8. The zero-order valence-electron chi connectivity index (χ0n) is 15.9. The van der Waals surface area contributed by atoms with Crippen molar-refractivity contribution < 1.29 is 32.9 Å². The number of thioether (sulfide) groups is 1. The summed E-state index contributed by atoms with van der Waals surface area (Å²) in [6.07, 6.45) is -3.60. The standard InChI is InChI=1S/C17H17ClF3N5O4S/c1-31-16-23-10-7(14(27)25-16)15(24-12(18)8(10)19)30-11(13(20)21)9-6-3-2-5(4-22-9)26(6)17(28)29/h5-6,9,11,13,22H,2-4H2,1H3,(H,28,29)(H,23,25,27)/t5?,6?,9?,11-/m0/s1. The molecule has 4 atom stereocenters. The van der Waals surface area contributed by atoms with Crippen molar-refractivity contribution in [3.05, 3.63) is 11.0 Å². The monoisotopic (exact) mass is 479 g/mol. The van der Waals surface area contributed by atoms with Crippen LogP contribution in [0.15, 0.2) is 5.16 Å². The molecule has 2 aliphatic rings. The first kappa shape index (κ1) is 22.0. The molecule has 1 amide bonds. The second-order valence-corrected chi connectivity index (χ2v) is 8.25. The highest BCUT2D eigenvalue weighted by Crippen LogP contribution is 2.38. The molecule has 2 aromatic heterocycles. The van der Waals surface area contributed by atoms with Gasteiger partial charge in [-0.1, -0.05) is 23.4 Å². The van der Waals surface area contributed by atoms with Crippen molar-refractivity contribution in [3.8, 4) is 11.8 Å². The molecule has 168 valence electrons. The third kappa shape index (κ3) is 3.78. The van der Waals surface area contributed by atoms with Gasteiger partial charge in [0.1, 0.15) is 10.9 Å². The molecule has 4 heterocycles. The summed E-state index contributed by atoms with van der Waals surface area (Å²) in [6, 6.07) is -2.12. The van der Waals surface area contributed by atoms with Crippen LogP contribution in [0.1, 0.15) is 12.8 Å². The van der Waals surface area contributed by atoms with Crippen LogP contribution in [-0.4, -0.2) is 79.6 Å². The summed E-state index contributed by atoms with van der Waals surface area (Å²) in [5.41, 5.74) is -0.426. The minimum Gasteiger partial charge on any atom is -0.493 e. The van der Waals surface area contributed by atoms with Crippen molar-refractivity contribution in [1.82, 2.24) is 25.2 Å². The smallest absolute Gasteiger partial charge is 0.407 e. The molecule has 0 radical (unpaired) electrons. The van der Waals surface area contributed by atoms with Crippen LogP contribution in [0.25, 0.3) is 10.9 Å². The Hall–Kier alpha value is -2.25. The highest BCUT2D eigenvalue weighted by atomic mass is 35.5. The fourth-order valence-corrected chi connectivity index (χ4v) is 4.70. The average molecular weight is 480 g/mol. The van der Waals surface area contributed by atoms with E-state index in [9.17, 15) is 28.2 Å². The fraction of sp³-hybridized carbons (Fsp3) is 0.529. The molecule has 2 aromatic rings. The van der Waals surface area contributed by atoms with Crippen LogP contribution in [0.5, 0.6) is 11.8 Å². The molecule has 0 spiro atoms. The lowest BCUT2D eigenvalue weighted by Crippen LogP contribution is -2.65. The Morgan fingerprint density at radius 3 is 2.74 bits per heavy atom. The quantitative estimate of drug-likeness (QED) is 0.337. The Morgan fingerprint density at radius 2 is 2.10 bits per heavy atom. The van der Waals surface area contributed by atoms with Gasteiger partial charge in [0, 0.05) is 12.6 Å². The van der Waals surface area contributed by atoms with E-state index in [0.29, 0.717) is 12.8 Å². The number of carbonyl (C=O) groups is 1. The molecular formula is C17H17ClF3N5O4S. The number of alkyl halides is 2. The van der Waals surface area contributed by atoms with E-state index in [4.69, 9.17) is 16.3 Å². The predicted octanol–water partition coefficient (Wildman–Crippen LogP) is 2.74. The lowest BCUT2D eigenvalue weighted by Gasteiger charge is -2.41. The molecule has 0 aromatic carbocycles. The van der Waals surface area contributed by atoms with Crippen molar-refractivity contribution in [2.45, 2.75) is 48.7 Å². The van der Waals surface area contributed by atoms with E-state index >= 15 is 0 Å². The molecule has 2 bridgehead atoms. The van der Waals surface area contributed by atoms with E-state index in [1.165, 1.54) is 0 Å². The number of rotatable bonds is 5. The van der Waals surface area contributed by atoms with Gasteiger partial charge >= 0.3 is 6.09 Å². The van der Waals surface area contributed by atoms with Gasteiger partial charge in [0.05, 0.1) is 12.1 Å². The Kier molecular flexibility index (Phi) is 5.92. The Bertz CT molecular complexity index is 1040. The number of amides is 1. The number of piperazine rings is 1. The van der Waals surface area contributed by atoms with Crippen LogP contribution in [0.2, 0.25) is 5.15 Å². The van der Waals surface area contributed by atoms with Gasteiger partial charge in [0.2, 0.25) is 11.8 Å². The molecule has 2 aliphatic heterocycles. The maximum absolute atomic E-state index is 14.5. The number of aromatic hydroxyl groups is 1. The maximum atomic E-state index is 14.5. The van der Waals surface area contributed by atoms with Crippen molar-refractivity contribution in [1.29, 1.82) is 0 Å². The normalized spacial score (nSPS) is 24.1. The van der Waals surface area contributed by atoms with Gasteiger partial charge in [-0.25, -0.2) is 22.9 Å². The number of carboxylic acid groups (broad SMARTS) is 1. The predicted molar refractivity (Wildman–Crippen MR) is 105 cm³/mol. The highest BCUT2D eigenvalue weighted by molar-refractivity contribution is 7.98. The zero-order chi connectivity index (χ0) is 22.4. The van der Waals surface area contributed by atoms with Gasteiger partial charge in [-0.05, 0) is 19.1 Å². The van der Waals surface area contributed by atoms with Crippen LogP contribution in [-0.2, 0) is 0 Å². The minimum atomic E-state index is -3.06. The number of fused-ring (bicyclic) bond motifs is 3. The summed E-state index contributed by atoms with van der Waals surface area (Å²) in [5, 5.41) is 21.7. The van der Waals surface area contributed by atoms with Crippen LogP contribution < -0.4 is 10.1 Å². The molecule has 2 fully saturated rings. The van der Waals surface area contributed by atoms with Gasteiger partial charge in [0.25, 0.3) is 6.43 Å². The average Bonchev–Trinajstić information content (AvgIpc) is 3.03. The summed E-state index contributed by atoms with van der Waals surface area (Å²) >= 11 is 6.84. The number of pyridine rings is 1. The Morgan fingerprint density at radius 1 is 1.35 bits per heavy atom. The second-order valence-electron chi connectivity index (χ2n) is 7.12. The number of aromatic nitrogens is 3. The van der Waals surface area contributed by atoms with E-state index in [0.717, 1.165) is 16.7 Å². The van der Waals surface area contributed by atoms with Crippen LogP contribution in [0.3, 0.4) is 0 Å². The molecular weight excluding hydrogens is 463 g/mol. The Balaban J connectivity index is 1.76. The van der Waals surface area contributed by atoms with Gasteiger partial charge in [-0.2, -0.15) is 9.97 Å². The lowest BCUT2D eigenvalue weighted by atomic mass is 9.99. The molecule has 4 rings (SSSR count). The lowest BCUT2D eigenvalue weighted by molar-refractivity contribution is -0.0375. The molecule has 31 heavy (non-hydrogen) atoms. The van der Waals surface area contributed by atoms with E-state index < -0.39 is 64.3 Å². The first-order valence-electron chi connectivity index (χ1n) is 9.22. The topological polar surface area (TPSA) is 121 Å². The Labute approximate surface area is 183 Å². The van der Waals surface area contributed by atoms with E-state index in [1.807, 2.05) is 0 Å². The third-order valence-corrected chi connectivity index (χ3v) is 6.27. The SMILES string of the molecule is CSc1nc(O)c2c(O[C@H](C(F)F)C3NCC4CCC3N4C(=O)O)nc(Cl)c(F)c2n1. The van der Waals surface area contributed by atoms with Gasteiger partial charge < -0.3 is 20.3 Å². The number of nitrogens with zero attached hydrogens (tertiary/aromatic N) is 4. The van der Waals surface area contributed by atoms with Crippen molar-refractivity contribution in [2.75, 3.05) is 12.8 Å². The first-order valence-corrected chi connectivity index (χ1v) is 10.8. The zero-order valence-corrected chi connectivity index (χ0v) is 17.5. The molecule has 3 unspecified atom stereocenters. The number of ether oxygens (including phenoxy) is 1. The van der Waals surface area contributed by atoms with Gasteiger partial charge in [0.15, 0.2) is 22.2 Å². The minimum absolute atomic E-state index is 0.0329. The summed E-state index contributed by atoms with van der Waals surface area (Å²) in [6.45, 7) is 0.184. The molecule has 9 nitrogen and oxygen atoms in total. The fourth-order valence-electron chi connectivity index (χ4n) is 4.17. The van der Waals surface area contributed by atoms with Crippen molar-refractivity contribution in [2.24, 2.45) is 0 Å². The molecule has 3 N–H and O–H groups in total. The van der Waals surface area contributed by atoms with Gasteiger partial charge in [-0.3, -0.25) is 4.90 Å². The third-order valence-electron chi connectivity index (χ3n) is 5.48. The van der Waals surface area contributed by atoms with Gasteiger partial charge in [-0.15, -0.1) is 0 Å². The molecule has 0 saturated carbocycles. The largest absolute Gasteiger partial charge is 0.493 e. The first-order chi connectivity index (χ1) is 14.7. The van der Waals surface area contributed by atoms with Crippen LogP contribution >= 0.6 is 23.4 Å². The van der Waals surface area contributed by atoms with E-state index in [2.05, 4.69) is 20.3 Å². The molecule has 0 aliphatic carbocycles. The number of nitrogens with one attached hydrogen (secondary N) is 1. The summed E-state index contributed by atoms with van der Waals surface area (Å²) in [7, 11) is 0. The highest BCUT2D eigenvalue weighted by Gasteiger charge is 2.50. The van der Waals surface area contributed by atoms with E-state index in [1.54, 1.807) is 6.26 Å². The number of hydrogen-bond donors (Lipinski definition) is 3. The van der Waals surface area contributed by atoms with Crippen LogP contribution in [0.4, 0.5) is 18.0 Å². The summed E-state index contributed by atoms with van der Waals surface area (Å²) in [5.74, 6) is -2.33. The summed E-state index contributed by atoms with van der Waals surface area (Å²) < 4.78 is 48.1. The van der Waals surface area contributed by atoms with Crippen molar-refractivity contribution in [3.63, 3.8) is 0 Å². The van der Waals surface area contributed by atoms with Crippen molar-refractivity contribution >= 4 is 40.4 Å². The molecule has 14 heteroatoms. The second kappa shape index (κ2) is 8.36. The number of halogens is 4. The van der Waals surface area contributed by atoms with E-state index in [-0.39, 0.29) is 17.7 Å².